The Hall–Kier alpha value is -1.20. The number of hydrogen-bond acceptors (Lipinski definition) is 3. The van der Waals surface area contributed by atoms with E-state index in [4.69, 9.17) is 4.74 Å². The molecule has 164 valence electrons. The van der Waals surface area contributed by atoms with Crippen LogP contribution in [-0.2, 0) is 11.8 Å². The number of hydrogen-bond donors (Lipinski definition) is 2. The molecule has 4 nitrogen and oxygen atoms in total. The lowest BCUT2D eigenvalue weighted by atomic mass is 9.73. The summed E-state index contributed by atoms with van der Waals surface area (Å²) in [5, 5.41) is 10.8. The Kier molecular flexibility index (Phi) is 6.83. The van der Waals surface area contributed by atoms with E-state index in [1.807, 2.05) is 12.1 Å². The average molecular weight is 599 g/mol. The summed E-state index contributed by atoms with van der Waals surface area (Å²) in [5.74, 6) is 0.490. The first-order valence-corrected chi connectivity index (χ1v) is 12.1. The first kappa shape index (κ1) is 23.5. The van der Waals surface area contributed by atoms with Gasteiger partial charge in [-0.15, -0.1) is 0 Å². The molecule has 0 aliphatic carbocycles. The molecule has 1 aliphatic heterocycles. The summed E-state index contributed by atoms with van der Waals surface area (Å²) in [5.41, 5.74) is -1.56. The number of nitrogens with one attached hydrogen (secondary N) is 1. The number of benzene rings is 1. The summed E-state index contributed by atoms with van der Waals surface area (Å²) in [6.07, 6.45) is -2.03. The Morgan fingerprint density at radius 1 is 1.23 bits per heavy atom. The summed E-state index contributed by atoms with van der Waals surface area (Å²) in [4.78, 5) is 3.18. The topological polar surface area (TPSA) is 57.6 Å². The molecule has 2 heterocycles. The van der Waals surface area contributed by atoms with Crippen molar-refractivity contribution in [2.75, 3.05) is 7.11 Å². The summed E-state index contributed by atoms with van der Waals surface area (Å²) >= 11 is 2.84. The Morgan fingerprint density at radius 2 is 1.97 bits per heavy atom. The number of fused-ring (bicyclic) bond motifs is 1. The predicted molar refractivity (Wildman–Crippen MR) is 123 cm³/mol. The van der Waals surface area contributed by atoms with Crippen LogP contribution in [0.25, 0.3) is 6.08 Å². The molecule has 2 aromatic rings. The van der Waals surface area contributed by atoms with E-state index in [1.54, 1.807) is 38.2 Å². The predicted octanol–water partition coefficient (Wildman–Crippen LogP) is 6.69. The van der Waals surface area contributed by atoms with Crippen LogP contribution < -0.4 is 4.74 Å². The zero-order valence-electron chi connectivity index (χ0n) is 16.8. The molecule has 1 aromatic heterocycles. The molecule has 30 heavy (non-hydrogen) atoms. The second-order valence-corrected chi connectivity index (χ2v) is 11.0. The lowest BCUT2D eigenvalue weighted by Crippen LogP contribution is -2.49. The molecule has 1 aromatic carbocycles. The van der Waals surface area contributed by atoms with Gasteiger partial charge in [0.15, 0.2) is 5.60 Å². The quantitative estimate of drug-likeness (QED) is 0.349. The third-order valence-corrected chi connectivity index (χ3v) is 7.73. The van der Waals surface area contributed by atoms with Gasteiger partial charge in [-0.1, -0.05) is 29.8 Å². The normalized spacial score (nSPS) is 16.0. The van der Waals surface area contributed by atoms with Crippen LogP contribution in [0, 0.1) is 3.70 Å². The first-order valence-electron chi connectivity index (χ1n) is 9.31. The summed E-state index contributed by atoms with van der Waals surface area (Å²) in [6.45, 7) is 3.39. The van der Waals surface area contributed by atoms with E-state index in [0.717, 1.165) is 13.7 Å². The summed E-state index contributed by atoms with van der Waals surface area (Å²) in [7, 11) is 1.48. The lowest BCUT2D eigenvalue weighted by Gasteiger charge is -2.38. The molecule has 1 aliphatic rings. The highest BCUT2D eigenvalue weighted by atomic mass is 127. The third-order valence-electron chi connectivity index (χ3n) is 5.26. The van der Waals surface area contributed by atoms with Gasteiger partial charge in [0.1, 0.15) is 5.75 Å². The minimum Gasteiger partial charge on any atom is -0.496 e. The van der Waals surface area contributed by atoms with E-state index < -0.39 is 51.1 Å². The van der Waals surface area contributed by atoms with Gasteiger partial charge in [-0.05, 0) is 55.0 Å². The first-order chi connectivity index (χ1) is 13.9. The van der Waals surface area contributed by atoms with Gasteiger partial charge in [0, 0.05) is 27.5 Å². The largest absolute Gasteiger partial charge is 0.496 e. The van der Waals surface area contributed by atoms with Crippen molar-refractivity contribution in [2.45, 2.75) is 50.3 Å². The zero-order chi connectivity index (χ0) is 22.2. The minimum atomic E-state index is -4.77. The van der Waals surface area contributed by atoms with E-state index in [0.29, 0.717) is 17.0 Å². The molecule has 0 spiro atoms. The van der Waals surface area contributed by atoms with Crippen molar-refractivity contribution in [3.05, 3.63) is 55.5 Å². The van der Waals surface area contributed by atoms with Crippen LogP contribution in [0.4, 0.5) is 13.2 Å². The van der Waals surface area contributed by atoms with Crippen LogP contribution in [0.1, 0.15) is 43.5 Å². The van der Waals surface area contributed by atoms with Crippen molar-refractivity contribution in [1.29, 1.82) is 0 Å². The number of ether oxygens (including phenoxy) is 1. The number of aromatic nitrogens is 1. The molecular formula is C21H23BrF3IN2O2. The van der Waals surface area contributed by atoms with E-state index in [2.05, 4.69) is 24.1 Å². The van der Waals surface area contributed by atoms with Gasteiger partial charge < -0.3 is 14.8 Å². The summed E-state index contributed by atoms with van der Waals surface area (Å²) in [6, 6.07) is 7.07. The maximum absolute atomic E-state index is 14.0. The van der Waals surface area contributed by atoms with Crippen LogP contribution >= 0.6 is 37.0 Å². The zero-order valence-corrected chi connectivity index (χ0v) is 20.5. The van der Waals surface area contributed by atoms with E-state index in [1.165, 1.54) is 7.11 Å². The Morgan fingerprint density at radius 3 is 2.60 bits per heavy atom. The number of H-pyrrole nitrogens is 1. The van der Waals surface area contributed by atoms with Crippen molar-refractivity contribution in [2.24, 2.45) is 3.15 Å². The fraction of sp³-hybridized carbons (Fsp3) is 0.429. The van der Waals surface area contributed by atoms with Gasteiger partial charge >= 0.3 is 6.18 Å². The standard InChI is InChI=1S/C21H23BrF3IN2O2/c1-19(2,16-11-14(22)4-5-17(16)30-3)12-20(29,21(23,24)25)8-6-15-10-13-7-9-27-26-18(13)28-15/h4-5,7,9-11,28-29H,6,8,12H2,1-3H3. The molecule has 0 fully saturated rings. The number of aliphatic hydroxyl groups is 1. The van der Waals surface area contributed by atoms with Crippen molar-refractivity contribution in [3.8, 4) is 5.75 Å². The lowest BCUT2D eigenvalue weighted by molar-refractivity contribution is -0.269. The van der Waals surface area contributed by atoms with Crippen LogP contribution in [0.2, 0.25) is 0 Å². The van der Waals surface area contributed by atoms with Crippen LogP contribution in [0.3, 0.4) is 0 Å². The highest BCUT2D eigenvalue weighted by Crippen LogP contribution is 2.46. The molecule has 0 saturated carbocycles. The van der Waals surface area contributed by atoms with Gasteiger partial charge in [0.2, 0.25) is 0 Å². The van der Waals surface area contributed by atoms with Gasteiger partial charge in [-0.25, -0.2) is 3.15 Å². The fourth-order valence-corrected chi connectivity index (χ4v) is 5.76. The fourth-order valence-electron chi connectivity index (χ4n) is 3.72. The molecule has 1 atom stereocenters. The SMILES string of the molecule is COc1ccc(Br)cc1C(C)(C)CC(O)(CCc1cc2c([nH]1)I=NC=C2)C(F)(F)F. The summed E-state index contributed by atoms with van der Waals surface area (Å²) < 4.78 is 53.4. The molecule has 3 rings (SSSR count). The number of halogens is 5. The van der Waals surface area contributed by atoms with Crippen molar-refractivity contribution in [3.63, 3.8) is 0 Å². The maximum atomic E-state index is 14.0. The van der Waals surface area contributed by atoms with Gasteiger partial charge in [-0.2, -0.15) is 13.2 Å². The molecule has 0 amide bonds. The van der Waals surface area contributed by atoms with E-state index >= 15 is 0 Å². The van der Waals surface area contributed by atoms with Crippen molar-refractivity contribution < 1.29 is 23.0 Å². The number of aryl methyl sites for hydroxylation is 1. The monoisotopic (exact) mass is 598 g/mol. The molecule has 0 saturated heterocycles. The van der Waals surface area contributed by atoms with Crippen molar-refractivity contribution >= 4 is 43.0 Å². The molecule has 2 N–H and O–H groups in total. The third kappa shape index (κ3) is 4.99. The smallest absolute Gasteiger partial charge is 0.417 e. The number of methoxy groups -OCH3 is 1. The second kappa shape index (κ2) is 8.74. The minimum absolute atomic E-state index is 0.0896. The number of alkyl halides is 3. The van der Waals surface area contributed by atoms with Crippen LogP contribution in [-0.4, -0.2) is 29.0 Å². The number of aromatic amines is 1. The van der Waals surface area contributed by atoms with E-state index in [-0.39, 0.29) is 6.42 Å². The highest BCUT2D eigenvalue weighted by molar-refractivity contribution is 14.2. The van der Waals surface area contributed by atoms with Crippen LogP contribution in [0.5, 0.6) is 5.75 Å². The number of nitrogens with zero attached hydrogens (tertiary/aromatic N) is 1. The van der Waals surface area contributed by atoms with Gasteiger partial charge in [0.05, 0.1) is 31.8 Å². The highest BCUT2D eigenvalue weighted by Gasteiger charge is 2.55. The molecule has 0 bridgehead atoms. The van der Waals surface area contributed by atoms with Crippen molar-refractivity contribution in [1.82, 2.24) is 4.98 Å². The second-order valence-electron chi connectivity index (χ2n) is 8.00. The maximum Gasteiger partial charge on any atom is 0.417 e. The Balaban J connectivity index is 1.86. The number of rotatable bonds is 7. The molecule has 0 radical (unpaired) electrons. The molecular weight excluding hydrogens is 576 g/mol. The molecule has 1 unspecified atom stereocenters. The Labute approximate surface area is 192 Å². The average Bonchev–Trinajstić information content (AvgIpc) is 3.08. The van der Waals surface area contributed by atoms with Gasteiger partial charge in [0.25, 0.3) is 0 Å². The Bertz CT molecular complexity index is 956. The van der Waals surface area contributed by atoms with Crippen LogP contribution in [0.15, 0.2) is 38.1 Å². The van der Waals surface area contributed by atoms with E-state index in [9.17, 15) is 18.3 Å². The van der Waals surface area contributed by atoms with Gasteiger partial charge in [-0.3, -0.25) is 0 Å². The molecule has 9 heteroatoms.